The Morgan fingerprint density at radius 3 is 2.29 bits per heavy atom. The molecule has 0 bridgehead atoms. The van der Waals surface area contributed by atoms with Crippen LogP contribution in [-0.2, 0) is 26.0 Å². The van der Waals surface area contributed by atoms with Crippen LogP contribution >= 0.6 is 11.6 Å². The van der Waals surface area contributed by atoms with Crippen LogP contribution in [0.3, 0.4) is 0 Å². The molecule has 0 aliphatic rings. The molecule has 12 heteroatoms. The fourth-order valence-electron chi connectivity index (χ4n) is 3.96. The number of carbonyl (C=O) groups is 2. The second kappa shape index (κ2) is 12.4. The topological polar surface area (TPSA) is 140 Å². The predicted molar refractivity (Wildman–Crippen MR) is 160 cm³/mol. The number of anilines is 1. The zero-order chi connectivity index (χ0) is 30.7. The summed E-state index contributed by atoms with van der Waals surface area (Å²) in [5, 5.41) is 17.3. The van der Waals surface area contributed by atoms with Crippen molar-refractivity contribution < 1.29 is 27.9 Å². The molecule has 0 radical (unpaired) electrons. The highest BCUT2D eigenvalue weighted by Gasteiger charge is 2.26. The van der Waals surface area contributed by atoms with Crippen molar-refractivity contribution in [1.29, 1.82) is 0 Å². The van der Waals surface area contributed by atoms with Gasteiger partial charge in [0.15, 0.2) is 0 Å². The van der Waals surface area contributed by atoms with E-state index in [2.05, 4.69) is 15.1 Å². The number of halogens is 1. The summed E-state index contributed by atoms with van der Waals surface area (Å²) < 4.78 is 34.8. The molecule has 0 spiro atoms. The summed E-state index contributed by atoms with van der Waals surface area (Å²) in [4.78, 5) is 23.8. The third-order valence-electron chi connectivity index (χ3n) is 6.10. The molecule has 1 amide bonds. The molecular formula is C30H31ClN4O6S. The Balaban J connectivity index is 1.42. The van der Waals surface area contributed by atoms with Gasteiger partial charge in [-0.25, -0.2) is 17.9 Å². The highest BCUT2D eigenvalue weighted by Crippen LogP contribution is 2.23. The van der Waals surface area contributed by atoms with E-state index in [1.54, 1.807) is 81.0 Å². The Labute approximate surface area is 249 Å². The maximum atomic E-state index is 12.8. The largest absolute Gasteiger partial charge is 0.480 e. The molecule has 4 aromatic rings. The Morgan fingerprint density at radius 1 is 1.02 bits per heavy atom. The highest BCUT2D eigenvalue weighted by atomic mass is 35.5. The SMILES string of the molecule is Cc1ccc(S(=O)(=O)NC(Cc2ccc(-c3ccn(-c4ccc(NC(=O)OC(C)(C)C)cc4)n3)cc2)C(=O)O)cc1Cl. The summed E-state index contributed by atoms with van der Waals surface area (Å²) in [5.41, 5.74) is 3.58. The molecule has 3 aromatic carbocycles. The van der Waals surface area contributed by atoms with E-state index < -0.39 is 33.7 Å². The van der Waals surface area contributed by atoms with Crippen LogP contribution in [0.15, 0.2) is 83.9 Å². The van der Waals surface area contributed by atoms with E-state index in [0.29, 0.717) is 22.5 Å². The minimum absolute atomic E-state index is 0.0629. The number of aryl methyl sites for hydroxylation is 1. The van der Waals surface area contributed by atoms with Gasteiger partial charge in [-0.2, -0.15) is 9.82 Å². The van der Waals surface area contributed by atoms with Gasteiger partial charge < -0.3 is 9.84 Å². The van der Waals surface area contributed by atoms with E-state index >= 15 is 0 Å². The number of sulfonamides is 1. The van der Waals surface area contributed by atoms with E-state index in [4.69, 9.17) is 16.3 Å². The third kappa shape index (κ3) is 7.96. The van der Waals surface area contributed by atoms with Crippen molar-refractivity contribution in [2.24, 2.45) is 0 Å². The van der Waals surface area contributed by atoms with Gasteiger partial charge in [0.25, 0.3) is 0 Å². The number of carboxylic acids is 1. The molecule has 0 saturated heterocycles. The molecule has 0 fully saturated rings. The van der Waals surface area contributed by atoms with E-state index in [1.165, 1.54) is 12.1 Å². The molecule has 42 heavy (non-hydrogen) atoms. The smallest absolute Gasteiger partial charge is 0.412 e. The van der Waals surface area contributed by atoms with Crippen molar-refractivity contribution in [2.75, 3.05) is 5.32 Å². The minimum Gasteiger partial charge on any atom is -0.480 e. The molecular weight excluding hydrogens is 580 g/mol. The van der Waals surface area contributed by atoms with Gasteiger partial charge in [0.1, 0.15) is 11.6 Å². The van der Waals surface area contributed by atoms with Crippen molar-refractivity contribution in [3.05, 3.63) is 95.1 Å². The highest BCUT2D eigenvalue weighted by molar-refractivity contribution is 7.89. The minimum atomic E-state index is -4.11. The van der Waals surface area contributed by atoms with Crippen LogP contribution < -0.4 is 10.0 Å². The number of carbonyl (C=O) groups excluding carboxylic acids is 1. The summed E-state index contributed by atoms with van der Waals surface area (Å²) in [7, 11) is -4.11. The van der Waals surface area contributed by atoms with Crippen LogP contribution in [0.2, 0.25) is 5.02 Å². The first-order valence-electron chi connectivity index (χ1n) is 13.0. The second-order valence-corrected chi connectivity index (χ2v) is 12.8. The van der Waals surface area contributed by atoms with E-state index in [9.17, 15) is 23.1 Å². The summed E-state index contributed by atoms with van der Waals surface area (Å²) in [6.07, 6.45) is 1.20. The molecule has 1 atom stereocenters. The number of rotatable bonds is 9. The van der Waals surface area contributed by atoms with E-state index in [0.717, 1.165) is 11.3 Å². The average Bonchev–Trinajstić information content (AvgIpc) is 3.40. The summed E-state index contributed by atoms with van der Waals surface area (Å²) in [6, 6.07) is 18.9. The van der Waals surface area contributed by atoms with E-state index in [1.807, 2.05) is 18.2 Å². The lowest BCUT2D eigenvalue weighted by Gasteiger charge is -2.19. The quantitative estimate of drug-likeness (QED) is 0.217. The van der Waals surface area contributed by atoms with Crippen molar-refractivity contribution in [3.8, 4) is 16.9 Å². The molecule has 0 aliphatic carbocycles. The van der Waals surface area contributed by atoms with Crippen molar-refractivity contribution in [1.82, 2.24) is 14.5 Å². The van der Waals surface area contributed by atoms with E-state index in [-0.39, 0.29) is 16.3 Å². The number of nitrogens with one attached hydrogen (secondary N) is 2. The molecule has 4 rings (SSSR count). The maximum absolute atomic E-state index is 12.8. The molecule has 1 unspecified atom stereocenters. The number of benzene rings is 3. The Kier molecular flexibility index (Phi) is 9.05. The Morgan fingerprint density at radius 2 is 1.69 bits per heavy atom. The lowest BCUT2D eigenvalue weighted by molar-refractivity contribution is -0.138. The lowest BCUT2D eigenvalue weighted by atomic mass is 10.0. The summed E-state index contributed by atoms with van der Waals surface area (Å²) >= 11 is 6.06. The van der Waals surface area contributed by atoms with Crippen LogP contribution in [-0.4, -0.2) is 47.0 Å². The van der Waals surface area contributed by atoms with Gasteiger partial charge >= 0.3 is 12.1 Å². The molecule has 10 nitrogen and oxygen atoms in total. The fourth-order valence-corrected chi connectivity index (χ4v) is 5.42. The van der Waals surface area contributed by atoms with Crippen molar-refractivity contribution >= 4 is 39.4 Å². The van der Waals surface area contributed by atoms with Crippen molar-refractivity contribution in [2.45, 2.75) is 50.7 Å². The number of aliphatic carboxylic acids is 1. The van der Waals surface area contributed by atoms with Crippen LogP contribution in [0, 0.1) is 6.92 Å². The first-order valence-corrected chi connectivity index (χ1v) is 14.8. The summed E-state index contributed by atoms with van der Waals surface area (Å²) in [6.45, 7) is 7.12. The summed E-state index contributed by atoms with van der Waals surface area (Å²) in [5.74, 6) is -1.30. The molecule has 0 aliphatic heterocycles. The molecule has 220 valence electrons. The third-order valence-corrected chi connectivity index (χ3v) is 7.98. The van der Waals surface area contributed by atoms with Crippen LogP contribution in [0.25, 0.3) is 16.9 Å². The molecule has 0 saturated carbocycles. The zero-order valence-corrected chi connectivity index (χ0v) is 25.0. The number of aromatic nitrogens is 2. The van der Waals surface area contributed by atoms with Crippen LogP contribution in [0.4, 0.5) is 10.5 Å². The van der Waals surface area contributed by atoms with Crippen LogP contribution in [0.5, 0.6) is 0 Å². The number of carboxylic acid groups (broad SMARTS) is 1. The van der Waals surface area contributed by atoms with Gasteiger partial charge in [-0.15, -0.1) is 0 Å². The maximum Gasteiger partial charge on any atom is 0.412 e. The molecule has 1 heterocycles. The lowest BCUT2D eigenvalue weighted by Crippen LogP contribution is -2.42. The van der Waals surface area contributed by atoms with Gasteiger partial charge in [0, 0.05) is 22.5 Å². The Hall–Kier alpha value is -4.19. The number of hydrogen-bond acceptors (Lipinski definition) is 6. The van der Waals surface area contributed by atoms with Gasteiger partial charge in [-0.3, -0.25) is 10.1 Å². The standard InChI is InChI=1S/C30H31ClN4O6S/c1-19-5-14-24(18-25(19)31)42(39,40)34-27(28(36)37)17-20-6-8-21(9-7-20)26-15-16-35(33-26)23-12-10-22(11-13-23)32-29(38)41-30(2,3)4/h5-16,18,27,34H,17H2,1-4H3,(H,32,38)(H,36,37). The van der Waals surface area contributed by atoms with Gasteiger partial charge in [0.2, 0.25) is 10.0 Å². The molecule has 1 aromatic heterocycles. The number of ether oxygens (including phenoxy) is 1. The first kappa shape index (κ1) is 30.8. The predicted octanol–water partition coefficient (Wildman–Crippen LogP) is 5.82. The monoisotopic (exact) mass is 610 g/mol. The number of hydrogen-bond donors (Lipinski definition) is 3. The molecule has 3 N–H and O–H groups in total. The van der Waals surface area contributed by atoms with Crippen molar-refractivity contribution in [3.63, 3.8) is 0 Å². The van der Waals surface area contributed by atoms with Gasteiger partial charge in [-0.1, -0.05) is 41.9 Å². The van der Waals surface area contributed by atoms with Gasteiger partial charge in [0.05, 0.1) is 16.3 Å². The second-order valence-electron chi connectivity index (χ2n) is 10.6. The number of nitrogens with zero attached hydrogens (tertiary/aromatic N) is 2. The Bertz CT molecular complexity index is 1700. The number of amides is 1. The zero-order valence-electron chi connectivity index (χ0n) is 23.5. The fraction of sp³-hybridized carbons (Fsp3) is 0.233. The van der Waals surface area contributed by atoms with Crippen LogP contribution in [0.1, 0.15) is 31.9 Å². The average molecular weight is 611 g/mol. The first-order chi connectivity index (χ1) is 19.7. The normalized spacial score (nSPS) is 12.5. The van der Waals surface area contributed by atoms with Gasteiger partial charge in [-0.05, 0) is 87.7 Å².